The molecule has 0 saturated heterocycles. The molecular formula is C21H18O3. The summed E-state index contributed by atoms with van der Waals surface area (Å²) in [5.74, 6) is 0.356. The van der Waals surface area contributed by atoms with E-state index in [1.165, 1.54) is 0 Å². The summed E-state index contributed by atoms with van der Waals surface area (Å²) < 4.78 is 5.41. The molecular weight excluding hydrogens is 300 g/mol. The molecule has 0 heterocycles. The Hall–Kier alpha value is -2.91. The lowest BCUT2D eigenvalue weighted by Gasteiger charge is -2.15. The standard InChI is InChI=1S/C21H18O3/c1-24-19-14-8-7-12-17(19)16-11-5-6-13-18(16)21(23)20(22)15-9-3-2-4-10-15/h2-14,20,22H,1H3. The molecule has 0 radical (unpaired) electrons. The van der Waals surface area contributed by atoms with E-state index in [9.17, 15) is 9.90 Å². The molecule has 0 fully saturated rings. The third-order valence-electron chi connectivity index (χ3n) is 3.95. The zero-order valence-electron chi connectivity index (χ0n) is 13.3. The Balaban J connectivity index is 2.05. The van der Waals surface area contributed by atoms with Gasteiger partial charge in [-0.25, -0.2) is 0 Å². The molecule has 3 aromatic carbocycles. The third-order valence-corrected chi connectivity index (χ3v) is 3.95. The normalized spacial score (nSPS) is 11.8. The number of carbonyl (C=O) groups excluding carboxylic acids is 1. The Morgan fingerprint density at radius 1 is 0.833 bits per heavy atom. The number of aliphatic hydroxyl groups excluding tert-OH is 1. The minimum Gasteiger partial charge on any atom is -0.496 e. The molecule has 0 aliphatic carbocycles. The highest BCUT2D eigenvalue weighted by molar-refractivity contribution is 6.05. The van der Waals surface area contributed by atoms with Crippen molar-refractivity contribution in [1.29, 1.82) is 0 Å². The lowest BCUT2D eigenvalue weighted by molar-refractivity contribution is 0.0748. The first kappa shape index (κ1) is 16.0. The van der Waals surface area contributed by atoms with E-state index in [1.807, 2.05) is 42.5 Å². The van der Waals surface area contributed by atoms with Crippen LogP contribution in [0.3, 0.4) is 0 Å². The van der Waals surface area contributed by atoms with Gasteiger partial charge in [0.1, 0.15) is 11.9 Å². The van der Waals surface area contributed by atoms with Crippen molar-refractivity contribution in [3.05, 3.63) is 90.0 Å². The number of ketones is 1. The fourth-order valence-corrected chi connectivity index (χ4v) is 2.73. The fourth-order valence-electron chi connectivity index (χ4n) is 2.73. The highest BCUT2D eigenvalue weighted by Crippen LogP contribution is 2.33. The number of carbonyl (C=O) groups is 1. The number of rotatable bonds is 5. The first-order chi connectivity index (χ1) is 11.7. The summed E-state index contributed by atoms with van der Waals surface area (Å²) in [6.07, 6.45) is -1.19. The summed E-state index contributed by atoms with van der Waals surface area (Å²) in [5.41, 5.74) is 2.62. The van der Waals surface area contributed by atoms with E-state index < -0.39 is 6.10 Å². The van der Waals surface area contributed by atoms with E-state index in [0.29, 0.717) is 16.9 Å². The molecule has 0 spiro atoms. The average molecular weight is 318 g/mol. The van der Waals surface area contributed by atoms with E-state index in [4.69, 9.17) is 4.74 Å². The first-order valence-electron chi connectivity index (χ1n) is 7.72. The van der Waals surface area contributed by atoms with Crippen molar-refractivity contribution in [1.82, 2.24) is 0 Å². The van der Waals surface area contributed by atoms with E-state index in [2.05, 4.69) is 0 Å². The minimum absolute atomic E-state index is 0.331. The summed E-state index contributed by atoms with van der Waals surface area (Å²) >= 11 is 0. The molecule has 0 aliphatic rings. The minimum atomic E-state index is -1.19. The van der Waals surface area contributed by atoms with Crippen LogP contribution in [0, 0.1) is 0 Å². The van der Waals surface area contributed by atoms with Crippen LogP contribution in [0.5, 0.6) is 5.75 Å². The zero-order chi connectivity index (χ0) is 16.9. The zero-order valence-corrected chi connectivity index (χ0v) is 13.3. The average Bonchev–Trinajstić information content (AvgIpc) is 2.67. The van der Waals surface area contributed by atoms with Crippen LogP contribution in [0.2, 0.25) is 0 Å². The Morgan fingerprint density at radius 2 is 1.42 bits per heavy atom. The molecule has 120 valence electrons. The summed E-state index contributed by atoms with van der Waals surface area (Å²) in [6.45, 7) is 0. The maximum atomic E-state index is 12.8. The Labute approximate surface area is 141 Å². The van der Waals surface area contributed by atoms with E-state index >= 15 is 0 Å². The second kappa shape index (κ2) is 7.11. The number of hydrogen-bond acceptors (Lipinski definition) is 3. The van der Waals surface area contributed by atoms with Crippen molar-refractivity contribution in [3.63, 3.8) is 0 Å². The van der Waals surface area contributed by atoms with Crippen LogP contribution in [0.25, 0.3) is 11.1 Å². The monoisotopic (exact) mass is 318 g/mol. The molecule has 0 saturated carbocycles. The third kappa shape index (κ3) is 3.07. The van der Waals surface area contributed by atoms with Crippen LogP contribution in [0.4, 0.5) is 0 Å². The molecule has 3 nitrogen and oxygen atoms in total. The smallest absolute Gasteiger partial charge is 0.196 e. The van der Waals surface area contributed by atoms with E-state index in [0.717, 1.165) is 11.1 Å². The summed E-state index contributed by atoms with van der Waals surface area (Å²) in [7, 11) is 1.60. The Kier molecular flexibility index (Phi) is 4.73. The van der Waals surface area contributed by atoms with Gasteiger partial charge in [-0.05, 0) is 17.2 Å². The van der Waals surface area contributed by atoms with Gasteiger partial charge in [-0.3, -0.25) is 4.79 Å². The van der Waals surface area contributed by atoms with Gasteiger partial charge < -0.3 is 9.84 Å². The van der Waals surface area contributed by atoms with Gasteiger partial charge >= 0.3 is 0 Å². The summed E-state index contributed by atoms with van der Waals surface area (Å²) in [4.78, 5) is 12.8. The van der Waals surface area contributed by atoms with Crippen LogP contribution < -0.4 is 4.74 Å². The van der Waals surface area contributed by atoms with Crippen LogP contribution in [0.15, 0.2) is 78.9 Å². The predicted octanol–water partition coefficient (Wildman–Crippen LogP) is 4.28. The van der Waals surface area contributed by atoms with Crippen LogP contribution in [-0.4, -0.2) is 18.0 Å². The lowest BCUT2D eigenvalue weighted by atomic mass is 9.92. The van der Waals surface area contributed by atoms with Crippen molar-refractivity contribution < 1.29 is 14.6 Å². The molecule has 1 N–H and O–H groups in total. The van der Waals surface area contributed by atoms with Crippen molar-refractivity contribution in [2.75, 3.05) is 7.11 Å². The Bertz CT molecular complexity index is 840. The van der Waals surface area contributed by atoms with Gasteiger partial charge in [0, 0.05) is 11.1 Å². The number of hydrogen-bond donors (Lipinski definition) is 1. The number of benzene rings is 3. The van der Waals surface area contributed by atoms with Crippen LogP contribution in [-0.2, 0) is 0 Å². The second-order valence-electron chi connectivity index (χ2n) is 5.42. The molecule has 0 bridgehead atoms. The largest absolute Gasteiger partial charge is 0.496 e. The first-order valence-corrected chi connectivity index (χ1v) is 7.72. The highest BCUT2D eigenvalue weighted by atomic mass is 16.5. The lowest BCUT2D eigenvalue weighted by Crippen LogP contribution is -2.13. The molecule has 1 unspecified atom stereocenters. The number of aliphatic hydroxyl groups is 1. The molecule has 0 aromatic heterocycles. The molecule has 3 heteroatoms. The van der Waals surface area contributed by atoms with Gasteiger partial charge in [-0.15, -0.1) is 0 Å². The summed E-state index contributed by atoms with van der Waals surface area (Å²) in [6, 6.07) is 23.7. The number of para-hydroxylation sites is 1. The summed E-state index contributed by atoms with van der Waals surface area (Å²) in [5, 5.41) is 10.5. The maximum absolute atomic E-state index is 12.8. The number of ether oxygens (including phenoxy) is 1. The van der Waals surface area contributed by atoms with Gasteiger partial charge in [0.2, 0.25) is 0 Å². The highest BCUT2D eigenvalue weighted by Gasteiger charge is 2.22. The maximum Gasteiger partial charge on any atom is 0.196 e. The number of methoxy groups -OCH3 is 1. The van der Waals surface area contributed by atoms with Crippen LogP contribution in [0.1, 0.15) is 22.0 Å². The van der Waals surface area contributed by atoms with Gasteiger partial charge in [0.25, 0.3) is 0 Å². The van der Waals surface area contributed by atoms with E-state index in [-0.39, 0.29) is 5.78 Å². The van der Waals surface area contributed by atoms with Crippen molar-refractivity contribution in [2.45, 2.75) is 6.10 Å². The van der Waals surface area contributed by atoms with E-state index in [1.54, 1.807) is 43.5 Å². The van der Waals surface area contributed by atoms with Crippen molar-refractivity contribution >= 4 is 5.78 Å². The molecule has 1 atom stereocenters. The van der Waals surface area contributed by atoms with Gasteiger partial charge in [-0.1, -0.05) is 72.8 Å². The fraction of sp³-hybridized carbons (Fsp3) is 0.0952. The second-order valence-corrected chi connectivity index (χ2v) is 5.42. The topological polar surface area (TPSA) is 46.5 Å². The molecule has 3 rings (SSSR count). The molecule has 24 heavy (non-hydrogen) atoms. The molecule has 0 aliphatic heterocycles. The molecule has 0 amide bonds. The van der Waals surface area contributed by atoms with Gasteiger partial charge in [0.05, 0.1) is 7.11 Å². The Morgan fingerprint density at radius 3 is 2.12 bits per heavy atom. The predicted molar refractivity (Wildman–Crippen MR) is 94.2 cm³/mol. The molecule has 3 aromatic rings. The van der Waals surface area contributed by atoms with Gasteiger partial charge in [0.15, 0.2) is 5.78 Å². The number of Topliss-reactive ketones (excluding diaryl/α,β-unsaturated/α-hetero) is 1. The quantitative estimate of drug-likeness (QED) is 0.714. The SMILES string of the molecule is COc1ccccc1-c1ccccc1C(=O)C(O)c1ccccc1. The van der Waals surface area contributed by atoms with Crippen molar-refractivity contribution in [2.24, 2.45) is 0 Å². The van der Waals surface area contributed by atoms with Gasteiger partial charge in [-0.2, -0.15) is 0 Å². The van der Waals surface area contributed by atoms with Crippen molar-refractivity contribution in [3.8, 4) is 16.9 Å². The van der Waals surface area contributed by atoms with Crippen LogP contribution >= 0.6 is 0 Å².